The summed E-state index contributed by atoms with van der Waals surface area (Å²) in [6, 6.07) is 6.89. The summed E-state index contributed by atoms with van der Waals surface area (Å²) < 4.78 is 7.58. The van der Waals surface area contributed by atoms with Crippen LogP contribution in [0.1, 0.15) is 36.6 Å². The Morgan fingerprint density at radius 1 is 1.43 bits per heavy atom. The average molecular weight is 285 g/mol. The molecule has 112 valence electrons. The summed E-state index contributed by atoms with van der Waals surface area (Å²) >= 11 is 0. The number of nitrogens with one attached hydrogen (secondary N) is 1. The van der Waals surface area contributed by atoms with Gasteiger partial charge in [-0.3, -0.25) is 4.68 Å². The summed E-state index contributed by atoms with van der Waals surface area (Å²) in [5.41, 5.74) is 3.95. The second-order valence-electron chi connectivity index (χ2n) is 5.61. The Kier molecular flexibility index (Phi) is 4.25. The summed E-state index contributed by atoms with van der Waals surface area (Å²) in [5, 5.41) is 7.87. The highest BCUT2D eigenvalue weighted by atomic mass is 16.5. The van der Waals surface area contributed by atoms with Crippen molar-refractivity contribution in [3.05, 3.63) is 47.3 Å². The highest BCUT2D eigenvalue weighted by Crippen LogP contribution is 2.26. The molecular weight excluding hydrogens is 262 g/mol. The molecule has 2 aromatic rings. The molecule has 2 heterocycles. The number of rotatable bonds is 6. The lowest BCUT2D eigenvalue weighted by Crippen LogP contribution is -2.17. The molecule has 1 N–H and O–H groups in total. The van der Waals surface area contributed by atoms with Gasteiger partial charge in [-0.1, -0.05) is 19.1 Å². The van der Waals surface area contributed by atoms with Crippen LogP contribution in [0.4, 0.5) is 0 Å². The molecule has 1 unspecified atom stereocenters. The van der Waals surface area contributed by atoms with Gasteiger partial charge in [0, 0.05) is 30.8 Å². The first-order chi connectivity index (χ1) is 10.3. The maximum absolute atomic E-state index is 5.54. The molecule has 1 aliphatic heterocycles. The van der Waals surface area contributed by atoms with Crippen LogP contribution in [0.2, 0.25) is 0 Å². The van der Waals surface area contributed by atoms with Gasteiger partial charge < -0.3 is 10.1 Å². The molecule has 4 nitrogen and oxygen atoms in total. The Bertz CT molecular complexity index is 606. The molecule has 1 aromatic heterocycles. The van der Waals surface area contributed by atoms with E-state index >= 15 is 0 Å². The van der Waals surface area contributed by atoms with E-state index in [1.165, 1.54) is 16.7 Å². The molecule has 0 saturated heterocycles. The van der Waals surface area contributed by atoms with E-state index in [4.69, 9.17) is 4.74 Å². The minimum atomic E-state index is 0.362. The molecule has 1 aliphatic rings. The topological polar surface area (TPSA) is 39.1 Å². The van der Waals surface area contributed by atoms with Crippen molar-refractivity contribution in [3.8, 4) is 5.75 Å². The van der Waals surface area contributed by atoms with Crippen LogP contribution >= 0.6 is 0 Å². The summed E-state index contributed by atoms with van der Waals surface area (Å²) in [4.78, 5) is 0. The number of fused-ring (bicyclic) bond motifs is 1. The third-order valence-corrected chi connectivity index (χ3v) is 4.05. The molecule has 3 rings (SSSR count). The summed E-state index contributed by atoms with van der Waals surface area (Å²) in [7, 11) is 0. The van der Waals surface area contributed by atoms with Crippen molar-refractivity contribution in [3.63, 3.8) is 0 Å². The monoisotopic (exact) mass is 285 g/mol. The van der Waals surface area contributed by atoms with Gasteiger partial charge in [-0.15, -0.1) is 0 Å². The Labute approximate surface area is 126 Å². The maximum atomic E-state index is 5.54. The fourth-order valence-corrected chi connectivity index (χ4v) is 2.79. The number of aromatic nitrogens is 2. The molecule has 0 saturated carbocycles. The number of benzene rings is 1. The van der Waals surface area contributed by atoms with Gasteiger partial charge in [0.1, 0.15) is 5.75 Å². The van der Waals surface area contributed by atoms with Gasteiger partial charge in [-0.25, -0.2) is 0 Å². The van der Waals surface area contributed by atoms with Crippen molar-refractivity contribution in [1.82, 2.24) is 15.1 Å². The fraction of sp³-hybridized carbons (Fsp3) is 0.471. The van der Waals surface area contributed by atoms with Crippen LogP contribution in [0.25, 0.3) is 0 Å². The van der Waals surface area contributed by atoms with Crippen molar-refractivity contribution >= 4 is 0 Å². The second kappa shape index (κ2) is 6.31. The van der Waals surface area contributed by atoms with Gasteiger partial charge >= 0.3 is 0 Å². The SMILES string of the molecule is CCNC(C)c1cnn(CCc2ccc3c(c2)CCO3)c1. The van der Waals surface area contributed by atoms with Crippen LogP contribution in [0.5, 0.6) is 5.75 Å². The number of hydrogen-bond acceptors (Lipinski definition) is 3. The lowest BCUT2D eigenvalue weighted by molar-refractivity contribution is 0.357. The third-order valence-electron chi connectivity index (χ3n) is 4.05. The molecule has 0 radical (unpaired) electrons. The van der Waals surface area contributed by atoms with Crippen LogP contribution in [0.15, 0.2) is 30.6 Å². The highest BCUT2D eigenvalue weighted by molar-refractivity contribution is 5.39. The quantitative estimate of drug-likeness (QED) is 0.887. The van der Waals surface area contributed by atoms with Crippen LogP contribution in [-0.2, 0) is 19.4 Å². The van der Waals surface area contributed by atoms with E-state index in [0.717, 1.165) is 38.3 Å². The standard InChI is InChI=1S/C17H23N3O/c1-3-18-13(2)16-11-19-20(12-16)8-6-14-4-5-17-15(10-14)7-9-21-17/h4-5,10-13,18H,3,6-9H2,1-2H3. The van der Waals surface area contributed by atoms with Crippen LogP contribution in [0, 0.1) is 0 Å². The summed E-state index contributed by atoms with van der Waals surface area (Å²) in [6.45, 7) is 7.01. The van der Waals surface area contributed by atoms with Crippen LogP contribution < -0.4 is 10.1 Å². The smallest absolute Gasteiger partial charge is 0.122 e. The first-order valence-corrected chi connectivity index (χ1v) is 7.76. The lowest BCUT2D eigenvalue weighted by Gasteiger charge is -2.09. The van der Waals surface area contributed by atoms with E-state index in [0.29, 0.717) is 6.04 Å². The van der Waals surface area contributed by atoms with E-state index in [2.05, 4.69) is 48.7 Å². The van der Waals surface area contributed by atoms with Gasteiger partial charge in [-0.2, -0.15) is 5.10 Å². The minimum absolute atomic E-state index is 0.362. The molecule has 0 bridgehead atoms. The van der Waals surface area contributed by atoms with Gasteiger partial charge in [0.05, 0.1) is 12.8 Å². The minimum Gasteiger partial charge on any atom is -0.493 e. The van der Waals surface area contributed by atoms with Crippen molar-refractivity contribution < 1.29 is 4.74 Å². The number of hydrogen-bond donors (Lipinski definition) is 1. The molecule has 4 heteroatoms. The van der Waals surface area contributed by atoms with Gasteiger partial charge in [0.25, 0.3) is 0 Å². The molecular formula is C17H23N3O. The Morgan fingerprint density at radius 3 is 3.19 bits per heavy atom. The van der Waals surface area contributed by atoms with E-state index < -0.39 is 0 Å². The summed E-state index contributed by atoms with van der Waals surface area (Å²) in [5.74, 6) is 1.06. The maximum Gasteiger partial charge on any atom is 0.122 e. The average Bonchev–Trinajstić information content (AvgIpc) is 3.14. The molecule has 0 spiro atoms. The zero-order valence-corrected chi connectivity index (χ0v) is 12.8. The molecule has 0 fully saturated rings. The predicted octanol–water partition coefficient (Wildman–Crippen LogP) is 2.73. The number of nitrogens with zero attached hydrogens (tertiary/aromatic N) is 2. The Balaban J connectivity index is 1.60. The normalized spacial score (nSPS) is 14.8. The third kappa shape index (κ3) is 3.27. The largest absolute Gasteiger partial charge is 0.493 e. The van der Waals surface area contributed by atoms with Gasteiger partial charge in [0.2, 0.25) is 0 Å². The second-order valence-corrected chi connectivity index (χ2v) is 5.61. The van der Waals surface area contributed by atoms with Crippen molar-refractivity contribution in [2.24, 2.45) is 0 Å². The molecule has 0 amide bonds. The zero-order chi connectivity index (χ0) is 14.7. The lowest BCUT2D eigenvalue weighted by atomic mass is 10.1. The summed E-state index contributed by atoms with van der Waals surface area (Å²) in [6.07, 6.45) is 6.15. The first-order valence-electron chi connectivity index (χ1n) is 7.76. The Hall–Kier alpha value is -1.81. The molecule has 1 atom stereocenters. The van der Waals surface area contributed by atoms with Crippen molar-refractivity contribution in [1.29, 1.82) is 0 Å². The van der Waals surface area contributed by atoms with Crippen LogP contribution in [0.3, 0.4) is 0 Å². The van der Waals surface area contributed by atoms with E-state index in [-0.39, 0.29) is 0 Å². The predicted molar refractivity (Wildman–Crippen MR) is 83.7 cm³/mol. The van der Waals surface area contributed by atoms with E-state index in [1.807, 2.05) is 10.9 Å². The van der Waals surface area contributed by atoms with Crippen molar-refractivity contribution in [2.75, 3.05) is 13.2 Å². The fourth-order valence-electron chi connectivity index (χ4n) is 2.79. The van der Waals surface area contributed by atoms with E-state index in [1.54, 1.807) is 0 Å². The van der Waals surface area contributed by atoms with Gasteiger partial charge in [-0.05, 0) is 37.1 Å². The molecule has 1 aromatic carbocycles. The highest BCUT2D eigenvalue weighted by Gasteiger charge is 2.12. The number of ether oxygens (including phenoxy) is 1. The van der Waals surface area contributed by atoms with Gasteiger partial charge in [0.15, 0.2) is 0 Å². The zero-order valence-electron chi connectivity index (χ0n) is 12.8. The molecule has 0 aliphatic carbocycles. The first kappa shape index (κ1) is 14.1. The van der Waals surface area contributed by atoms with Crippen molar-refractivity contribution in [2.45, 2.75) is 39.3 Å². The number of aryl methyl sites for hydroxylation is 2. The van der Waals surface area contributed by atoms with E-state index in [9.17, 15) is 0 Å². The Morgan fingerprint density at radius 2 is 2.33 bits per heavy atom. The van der Waals surface area contributed by atoms with Crippen LogP contribution in [-0.4, -0.2) is 22.9 Å². The molecule has 21 heavy (non-hydrogen) atoms.